The van der Waals surface area contributed by atoms with Gasteiger partial charge in [0.05, 0.1) is 4.90 Å². The van der Waals surface area contributed by atoms with Crippen molar-refractivity contribution in [1.29, 1.82) is 0 Å². The lowest BCUT2D eigenvalue weighted by Gasteiger charge is -2.17. The summed E-state index contributed by atoms with van der Waals surface area (Å²) in [6, 6.07) is 6.10. The third kappa shape index (κ3) is 4.08. The molecular formula is C13H17ClN2O4S2. The lowest BCUT2D eigenvalue weighted by molar-refractivity contribution is 0.455. The summed E-state index contributed by atoms with van der Waals surface area (Å²) in [6.07, 6.45) is 0.597. The van der Waals surface area contributed by atoms with Crippen LogP contribution in [0.1, 0.15) is 6.42 Å². The molecule has 0 aromatic heterocycles. The van der Waals surface area contributed by atoms with Gasteiger partial charge in [-0.1, -0.05) is 24.2 Å². The van der Waals surface area contributed by atoms with E-state index in [4.69, 9.17) is 11.6 Å². The summed E-state index contributed by atoms with van der Waals surface area (Å²) in [5, 5.41) is 1.19. The highest BCUT2D eigenvalue weighted by Crippen LogP contribution is 2.25. The van der Waals surface area contributed by atoms with E-state index < -0.39 is 20.0 Å². The molecule has 0 aliphatic carbocycles. The molecule has 122 valence electrons. The topological polar surface area (TPSA) is 83.6 Å². The molecule has 1 atom stereocenters. The Morgan fingerprint density at radius 3 is 2.73 bits per heavy atom. The Kier molecular flexibility index (Phi) is 5.29. The van der Waals surface area contributed by atoms with Gasteiger partial charge in [0.1, 0.15) is 0 Å². The van der Waals surface area contributed by atoms with E-state index in [1.54, 1.807) is 12.1 Å². The summed E-state index contributed by atoms with van der Waals surface area (Å²) < 4.78 is 51.4. The minimum atomic E-state index is -3.60. The summed E-state index contributed by atoms with van der Waals surface area (Å²) in [4.78, 5) is 0.146. The number of rotatable bonds is 6. The fourth-order valence-corrected chi connectivity index (χ4v) is 4.67. The maximum absolute atomic E-state index is 12.5. The van der Waals surface area contributed by atoms with Gasteiger partial charge < -0.3 is 0 Å². The van der Waals surface area contributed by atoms with Crippen molar-refractivity contribution >= 4 is 31.6 Å². The molecule has 9 heteroatoms. The summed E-state index contributed by atoms with van der Waals surface area (Å²) in [7, 11) is -7.09. The quantitative estimate of drug-likeness (QED) is 0.827. The number of nitrogens with one attached hydrogen (secondary N) is 1. The van der Waals surface area contributed by atoms with E-state index in [-0.39, 0.29) is 23.9 Å². The molecule has 0 bridgehead atoms. The van der Waals surface area contributed by atoms with Crippen molar-refractivity contribution in [2.24, 2.45) is 5.92 Å². The molecule has 1 saturated heterocycles. The van der Waals surface area contributed by atoms with Crippen LogP contribution in [0.15, 0.2) is 41.1 Å². The first-order valence-electron chi connectivity index (χ1n) is 6.62. The van der Waals surface area contributed by atoms with E-state index in [9.17, 15) is 16.8 Å². The van der Waals surface area contributed by atoms with Gasteiger partial charge in [-0.25, -0.2) is 21.6 Å². The van der Waals surface area contributed by atoms with Gasteiger partial charge in [-0.3, -0.25) is 0 Å². The molecule has 22 heavy (non-hydrogen) atoms. The van der Waals surface area contributed by atoms with E-state index in [0.29, 0.717) is 18.0 Å². The first-order chi connectivity index (χ1) is 10.2. The molecular weight excluding hydrogens is 348 g/mol. The number of nitrogens with zero attached hydrogens (tertiary/aromatic N) is 1. The lowest BCUT2D eigenvalue weighted by Crippen LogP contribution is -2.32. The Bertz CT molecular complexity index is 762. The molecule has 1 aromatic rings. The maximum Gasteiger partial charge on any atom is 0.243 e. The van der Waals surface area contributed by atoms with Gasteiger partial charge in [-0.05, 0) is 30.5 Å². The SMILES string of the molecule is C=CS(=O)(=O)NCC1CCN(S(=O)(=O)c2cccc(Cl)c2)C1. The highest BCUT2D eigenvalue weighted by molar-refractivity contribution is 7.92. The predicted octanol–water partition coefficient (Wildman–Crippen LogP) is 1.41. The van der Waals surface area contributed by atoms with Gasteiger partial charge in [0.25, 0.3) is 0 Å². The van der Waals surface area contributed by atoms with Gasteiger partial charge >= 0.3 is 0 Å². The first-order valence-corrected chi connectivity index (χ1v) is 9.99. The van der Waals surface area contributed by atoms with E-state index in [1.165, 1.54) is 16.4 Å². The molecule has 6 nitrogen and oxygen atoms in total. The molecule has 1 aliphatic heterocycles. The molecule has 1 aromatic carbocycles. The zero-order chi connectivity index (χ0) is 16.4. The summed E-state index contributed by atoms with van der Waals surface area (Å²) in [5.74, 6) is -0.0660. The zero-order valence-electron chi connectivity index (χ0n) is 11.8. The van der Waals surface area contributed by atoms with Gasteiger partial charge in [0.2, 0.25) is 20.0 Å². The second kappa shape index (κ2) is 6.67. The average molecular weight is 365 g/mol. The molecule has 0 spiro atoms. The van der Waals surface area contributed by atoms with Gasteiger partial charge in [-0.15, -0.1) is 0 Å². The highest BCUT2D eigenvalue weighted by Gasteiger charge is 2.32. The molecule has 1 fully saturated rings. The van der Waals surface area contributed by atoms with Crippen LogP contribution in [0.4, 0.5) is 0 Å². The fraction of sp³-hybridized carbons (Fsp3) is 0.385. The normalized spacial score (nSPS) is 20.1. The van der Waals surface area contributed by atoms with E-state index in [0.717, 1.165) is 5.41 Å². The first kappa shape index (κ1) is 17.4. The van der Waals surface area contributed by atoms with E-state index in [2.05, 4.69) is 11.3 Å². The van der Waals surface area contributed by atoms with Crippen molar-refractivity contribution in [3.63, 3.8) is 0 Å². The summed E-state index contributed by atoms with van der Waals surface area (Å²) >= 11 is 5.83. The van der Waals surface area contributed by atoms with Crippen LogP contribution >= 0.6 is 11.6 Å². The molecule has 0 amide bonds. The van der Waals surface area contributed by atoms with E-state index in [1.807, 2.05) is 0 Å². The Morgan fingerprint density at radius 2 is 2.09 bits per heavy atom. The zero-order valence-corrected chi connectivity index (χ0v) is 14.2. The standard InChI is InChI=1S/C13H17ClN2O4S2/c1-2-21(17,18)15-9-11-6-7-16(10-11)22(19,20)13-5-3-4-12(14)8-13/h2-5,8,11,15H,1,6-7,9-10H2. The number of hydrogen-bond donors (Lipinski definition) is 1. The Morgan fingerprint density at radius 1 is 1.36 bits per heavy atom. The van der Waals surface area contributed by atoms with Crippen LogP contribution in [0, 0.1) is 5.92 Å². The number of halogens is 1. The maximum atomic E-state index is 12.5. The molecule has 1 aliphatic rings. The van der Waals surface area contributed by atoms with Gasteiger partial charge in [-0.2, -0.15) is 4.31 Å². The second-order valence-electron chi connectivity index (χ2n) is 5.04. The van der Waals surface area contributed by atoms with Crippen molar-refractivity contribution in [2.75, 3.05) is 19.6 Å². The predicted molar refractivity (Wildman–Crippen MR) is 85.4 cm³/mol. The van der Waals surface area contributed by atoms with Crippen molar-refractivity contribution < 1.29 is 16.8 Å². The van der Waals surface area contributed by atoms with Crippen LogP contribution in [-0.2, 0) is 20.0 Å². The fourth-order valence-electron chi connectivity index (χ4n) is 2.25. The average Bonchev–Trinajstić information content (AvgIpc) is 2.95. The summed E-state index contributed by atoms with van der Waals surface area (Å²) in [6.45, 7) is 4.03. The van der Waals surface area contributed by atoms with Crippen LogP contribution < -0.4 is 4.72 Å². The number of benzene rings is 1. The van der Waals surface area contributed by atoms with Crippen molar-refractivity contribution in [1.82, 2.24) is 9.03 Å². The van der Waals surface area contributed by atoms with Crippen molar-refractivity contribution in [3.8, 4) is 0 Å². The van der Waals surface area contributed by atoms with Crippen molar-refractivity contribution in [2.45, 2.75) is 11.3 Å². The molecule has 1 unspecified atom stereocenters. The largest absolute Gasteiger partial charge is 0.243 e. The third-order valence-electron chi connectivity index (χ3n) is 3.48. The highest BCUT2D eigenvalue weighted by atomic mass is 35.5. The number of hydrogen-bond acceptors (Lipinski definition) is 4. The second-order valence-corrected chi connectivity index (χ2v) is 9.12. The molecule has 1 heterocycles. The van der Waals surface area contributed by atoms with Crippen LogP contribution in [0.5, 0.6) is 0 Å². The minimum Gasteiger partial charge on any atom is -0.211 e. The monoisotopic (exact) mass is 364 g/mol. The molecule has 0 saturated carbocycles. The van der Waals surface area contributed by atoms with Gasteiger partial charge in [0.15, 0.2) is 0 Å². The van der Waals surface area contributed by atoms with Crippen LogP contribution in [0.3, 0.4) is 0 Å². The lowest BCUT2D eigenvalue weighted by atomic mass is 10.1. The Balaban J connectivity index is 2.05. The van der Waals surface area contributed by atoms with E-state index >= 15 is 0 Å². The van der Waals surface area contributed by atoms with Crippen LogP contribution in [-0.4, -0.2) is 40.8 Å². The van der Waals surface area contributed by atoms with Crippen LogP contribution in [0.25, 0.3) is 0 Å². The van der Waals surface area contributed by atoms with Crippen LogP contribution in [0.2, 0.25) is 5.02 Å². The smallest absolute Gasteiger partial charge is 0.211 e. The molecule has 2 rings (SSSR count). The minimum absolute atomic E-state index is 0.0660. The van der Waals surface area contributed by atoms with Crippen molar-refractivity contribution in [3.05, 3.63) is 41.3 Å². The van der Waals surface area contributed by atoms with Gasteiger partial charge in [0, 0.05) is 30.1 Å². The Labute approximate surface area is 135 Å². The third-order valence-corrected chi connectivity index (χ3v) is 6.58. The molecule has 1 N–H and O–H groups in total. The number of sulfonamides is 2. The Hall–Kier alpha value is -0.930. The molecule has 0 radical (unpaired) electrons. The summed E-state index contributed by atoms with van der Waals surface area (Å²) in [5.41, 5.74) is 0.